The van der Waals surface area contributed by atoms with Gasteiger partial charge in [-0.1, -0.05) is 20.8 Å². The van der Waals surface area contributed by atoms with Gasteiger partial charge in [0.15, 0.2) is 5.65 Å². The quantitative estimate of drug-likeness (QED) is 0.824. The van der Waals surface area contributed by atoms with E-state index in [4.69, 9.17) is 0 Å². The zero-order valence-electron chi connectivity index (χ0n) is 12.0. The number of anilines is 1. The Kier molecular flexibility index (Phi) is 4.63. The molecule has 0 aliphatic carbocycles. The van der Waals surface area contributed by atoms with Crippen LogP contribution in [0.3, 0.4) is 0 Å². The number of aryl methyl sites for hydroxylation is 1. The van der Waals surface area contributed by atoms with E-state index in [-0.39, 0.29) is 0 Å². The van der Waals surface area contributed by atoms with Crippen molar-refractivity contribution in [2.45, 2.75) is 26.7 Å². The minimum atomic E-state index is 0.310. The van der Waals surface area contributed by atoms with E-state index in [1.807, 2.05) is 25.0 Å². The molecule has 2 aromatic rings. The third kappa shape index (κ3) is 3.18. The van der Waals surface area contributed by atoms with Gasteiger partial charge in [0.1, 0.15) is 11.6 Å². The maximum Gasteiger partial charge on any atom is 0.163 e. The molecule has 0 unspecified atom stereocenters. The van der Waals surface area contributed by atoms with Crippen molar-refractivity contribution in [2.24, 2.45) is 7.05 Å². The van der Waals surface area contributed by atoms with E-state index in [0.717, 1.165) is 40.7 Å². The van der Waals surface area contributed by atoms with Gasteiger partial charge >= 0.3 is 0 Å². The smallest absolute Gasteiger partial charge is 0.163 e. The summed E-state index contributed by atoms with van der Waals surface area (Å²) >= 11 is 1.92. The fourth-order valence-corrected chi connectivity index (χ4v) is 2.35. The minimum absolute atomic E-state index is 0.310. The molecule has 2 rings (SSSR count). The Bertz CT molecular complexity index is 549. The molecule has 0 saturated carbocycles. The number of thioether (sulfide) groups is 1. The van der Waals surface area contributed by atoms with Gasteiger partial charge in [-0.05, 0) is 5.75 Å². The molecule has 0 bridgehead atoms. The molecule has 2 aromatic heterocycles. The number of rotatable bonds is 6. The van der Waals surface area contributed by atoms with E-state index in [9.17, 15) is 0 Å². The molecular weight excluding hydrogens is 258 g/mol. The molecule has 19 heavy (non-hydrogen) atoms. The molecule has 0 aliphatic rings. The molecule has 1 N–H and O–H groups in total. The van der Waals surface area contributed by atoms with Crippen LogP contribution in [0.25, 0.3) is 11.0 Å². The third-order valence-electron chi connectivity index (χ3n) is 2.87. The number of hydrogen-bond donors (Lipinski definition) is 1. The topological polar surface area (TPSA) is 55.6 Å². The molecule has 0 aliphatic heterocycles. The molecule has 0 amide bonds. The van der Waals surface area contributed by atoms with Crippen LogP contribution < -0.4 is 5.32 Å². The maximum absolute atomic E-state index is 4.63. The number of aromatic nitrogens is 4. The van der Waals surface area contributed by atoms with Crippen LogP contribution in [0.2, 0.25) is 0 Å². The first-order chi connectivity index (χ1) is 9.13. The Morgan fingerprint density at radius 3 is 2.84 bits per heavy atom. The summed E-state index contributed by atoms with van der Waals surface area (Å²) in [4.78, 5) is 9.21. The summed E-state index contributed by atoms with van der Waals surface area (Å²) in [5.41, 5.74) is 0.893. The van der Waals surface area contributed by atoms with Gasteiger partial charge in [-0.3, -0.25) is 4.68 Å². The summed E-state index contributed by atoms with van der Waals surface area (Å²) in [6.45, 7) is 7.30. The van der Waals surface area contributed by atoms with Gasteiger partial charge < -0.3 is 5.32 Å². The maximum atomic E-state index is 4.63. The van der Waals surface area contributed by atoms with Crippen molar-refractivity contribution >= 4 is 28.6 Å². The lowest BCUT2D eigenvalue weighted by atomic mass is 10.2. The predicted octanol–water partition coefficient (Wildman–Crippen LogP) is 2.65. The van der Waals surface area contributed by atoms with E-state index in [2.05, 4.69) is 41.2 Å². The minimum Gasteiger partial charge on any atom is -0.369 e. The molecule has 0 radical (unpaired) electrons. The van der Waals surface area contributed by atoms with Gasteiger partial charge in [-0.25, -0.2) is 9.97 Å². The second kappa shape index (κ2) is 6.23. The summed E-state index contributed by atoms with van der Waals surface area (Å²) in [5, 5.41) is 8.67. The average molecular weight is 279 g/mol. The van der Waals surface area contributed by atoms with E-state index in [0.29, 0.717) is 5.92 Å². The molecule has 0 fully saturated rings. The third-order valence-corrected chi connectivity index (χ3v) is 3.77. The van der Waals surface area contributed by atoms with Crippen molar-refractivity contribution in [3.05, 3.63) is 12.0 Å². The van der Waals surface area contributed by atoms with Crippen molar-refractivity contribution in [3.63, 3.8) is 0 Å². The first-order valence-corrected chi connectivity index (χ1v) is 7.80. The molecule has 0 atom stereocenters. The highest BCUT2D eigenvalue weighted by molar-refractivity contribution is 7.99. The second-order valence-corrected chi connectivity index (χ2v) is 6.11. The second-order valence-electron chi connectivity index (χ2n) is 4.71. The van der Waals surface area contributed by atoms with Crippen LogP contribution in [-0.2, 0) is 7.05 Å². The summed E-state index contributed by atoms with van der Waals surface area (Å²) in [5.74, 6) is 4.30. The molecule has 0 spiro atoms. The zero-order chi connectivity index (χ0) is 13.8. The van der Waals surface area contributed by atoms with Gasteiger partial charge in [-0.15, -0.1) is 0 Å². The lowest BCUT2D eigenvalue weighted by Gasteiger charge is -2.10. The number of hydrogen-bond acceptors (Lipinski definition) is 5. The van der Waals surface area contributed by atoms with Crippen molar-refractivity contribution in [2.75, 3.05) is 23.4 Å². The SMILES string of the molecule is CCSCCNc1nc(C(C)C)nc2c1cnn2C. The molecule has 6 heteroatoms. The van der Waals surface area contributed by atoms with Crippen LogP contribution in [-0.4, -0.2) is 37.8 Å². The Balaban J connectivity index is 2.29. The average Bonchev–Trinajstić information content (AvgIpc) is 2.76. The highest BCUT2D eigenvalue weighted by atomic mass is 32.2. The first-order valence-electron chi connectivity index (χ1n) is 6.64. The van der Waals surface area contributed by atoms with Crippen LogP contribution in [0.15, 0.2) is 6.20 Å². The van der Waals surface area contributed by atoms with Gasteiger partial charge in [0.2, 0.25) is 0 Å². The van der Waals surface area contributed by atoms with E-state index < -0.39 is 0 Å². The lowest BCUT2D eigenvalue weighted by molar-refractivity contribution is 0.752. The number of nitrogens with one attached hydrogen (secondary N) is 1. The summed E-state index contributed by atoms with van der Waals surface area (Å²) in [6, 6.07) is 0. The van der Waals surface area contributed by atoms with E-state index in [1.54, 1.807) is 4.68 Å². The van der Waals surface area contributed by atoms with Crippen LogP contribution in [0.5, 0.6) is 0 Å². The van der Waals surface area contributed by atoms with E-state index >= 15 is 0 Å². The molecule has 0 saturated heterocycles. The fraction of sp³-hybridized carbons (Fsp3) is 0.615. The van der Waals surface area contributed by atoms with Crippen LogP contribution in [0.4, 0.5) is 5.82 Å². The monoisotopic (exact) mass is 279 g/mol. The summed E-state index contributed by atoms with van der Waals surface area (Å²) < 4.78 is 1.80. The lowest BCUT2D eigenvalue weighted by Crippen LogP contribution is -2.09. The predicted molar refractivity (Wildman–Crippen MR) is 81.9 cm³/mol. The number of fused-ring (bicyclic) bond motifs is 1. The highest BCUT2D eigenvalue weighted by Gasteiger charge is 2.12. The Hall–Kier alpha value is -1.30. The van der Waals surface area contributed by atoms with Gasteiger partial charge in [0.05, 0.1) is 11.6 Å². The van der Waals surface area contributed by atoms with E-state index in [1.165, 1.54) is 0 Å². The normalized spacial score (nSPS) is 11.4. The van der Waals surface area contributed by atoms with Crippen LogP contribution in [0.1, 0.15) is 32.5 Å². The zero-order valence-corrected chi connectivity index (χ0v) is 12.8. The van der Waals surface area contributed by atoms with Crippen molar-refractivity contribution in [1.82, 2.24) is 19.7 Å². The molecule has 0 aromatic carbocycles. The van der Waals surface area contributed by atoms with Gasteiger partial charge in [0.25, 0.3) is 0 Å². The molecule has 2 heterocycles. The van der Waals surface area contributed by atoms with Crippen LogP contribution in [0, 0.1) is 0 Å². The Morgan fingerprint density at radius 2 is 2.16 bits per heavy atom. The standard InChI is InChI=1S/C13H21N5S/c1-5-19-7-6-14-12-10-8-15-18(4)13(10)17-11(16-12)9(2)3/h8-9H,5-7H2,1-4H3,(H,14,16,17). The fourth-order valence-electron chi connectivity index (χ4n) is 1.82. The Morgan fingerprint density at radius 1 is 1.37 bits per heavy atom. The van der Waals surface area contributed by atoms with Crippen molar-refractivity contribution in [1.29, 1.82) is 0 Å². The highest BCUT2D eigenvalue weighted by Crippen LogP contribution is 2.22. The van der Waals surface area contributed by atoms with Crippen molar-refractivity contribution < 1.29 is 0 Å². The Labute approximate surface area is 118 Å². The molecular formula is C13H21N5S. The first kappa shape index (κ1) is 14.1. The summed E-state index contributed by atoms with van der Waals surface area (Å²) in [6.07, 6.45) is 1.83. The molecule has 104 valence electrons. The van der Waals surface area contributed by atoms with Gasteiger partial charge in [-0.2, -0.15) is 16.9 Å². The van der Waals surface area contributed by atoms with Crippen LogP contribution >= 0.6 is 11.8 Å². The van der Waals surface area contributed by atoms with Gasteiger partial charge in [0, 0.05) is 25.3 Å². The molecule has 5 nitrogen and oxygen atoms in total. The van der Waals surface area contributed by atoms with Crippen molar-refractivity contribution in [3.8, 4) is 0 Å². The number of nitrogens with zero attached hydrogens (tertiary/aromatic N) is 4. The summed E-state index contributed by atoms with van der Waals surface area (Å²) in [7, 11) is 1.91. The largest absolute Gasteiger partial charge is 0.369 e.